The molecule has 0 aliphatic heterocycles. The topological polar surface area (TPSA) is 29.1 Å². The summed E-state index contributed by atoms with van der Waals surface area (Å²) in [4.78, 5) is 11.9. The van der Waals surface area contributed by atoms with Crippen molar-refractivity contribution in [2.45, 2.75) is 51.3 Å². The number of carbonyl (C=O) groups is 1. The summed E-state index contributed by atoms with van der Waals surface area (Å²) in [6.45, 7) is 4.43. The summed E-state index contributed by atoms with van der Waals surface area (Å²) >= 11 is 1.71. The van der Waals surface area contributed by atoms with Crippen LogP contribution in [-0.2, 0) is 10.5 Å². The van der Waals surface area contributed by atoms with E-state index in [4.69, 9.17) is 0 Å². The molecule has 0 heterocycles. The Morgan fingerprint density at radius 3 is 2.65 bits per heavy atom. The summed E-state index contributed by atoms with van der Waals surface area (Å²) in [5, 5.41) is 3.18. The highest BCUT2D eigenvalue weighted by Gasteiger charge is 2.19. The van der Waals surface area contributed by atoms with Gasteiger partial charge in [0, 0.05) is 11.8 Å². The van der Waals surface area contributed by atoms with Gasteiger partial charge in [-0.05, 0) is 49.7 Å². The van der Waals surface area contributed by atoms with E-state index in [1.165, 1.54) is 24.0 Å². The second-order valence-electron chi connectivity index (χ2n) is 5.94. The van der Waals surface area contributed by atoms with E-state index in [9.17, 15) is 4.79 Å². The Hall–Kier alpha value is -0.960. The van der Waals surface area contributed by atoms with Gasteiger partial charge in [0.2, 0.25) is 5.91 Å². The average Bonchev–Trinajstić information content (AvgIpc) is 2.43. The van der Waals surface area contributed by atoms with Crippen molar-refractivity contribution in [3.63, 3.8) is 0 Å². The van der Waals surface area contributed by atoms with Crippen LogP contribution in [0.4, 0.5) is 0 Å². The van der Waals surface area contributed by atoms with Gasteiger partial charge < -0.3 is 5.32 Å². The van der Waals surface area contributed by atoms with Crippen LogP contribution in [0.15, 0.2) is 24.3 Å². The summed E-state index contributed by atoms with van der Waals surface area (Å²) in [6, 6.07) is 8.80. The molecule has 0 saturated heterocycles. The standard InChI is InChI=1S/C17H25NOS/c1-13-7-9-16(10-8-13)18-17(19)12-20-11-15-6-4-3-5-14(15)2/h3-6,13,16H,7-12H2,1-2H3,(H,18,19). The van der Waals surface area contributed by atoms with Crippen molar-refractivity contribution in [1.29, 1.82) is 0 Å². The van der Waals surface area contributed by atoms with Crippen LogP contribution in [0.1, 0.15) is 43.7 Å². The Morgan fingerprint density at radius 1 is 1.25 bits per heavy atom. The number of benzene rings is 1. The lowest BCUT2D eigenvalue weighted by molar-refractivity contribution is -0.119. The van der Waals surface area contributed by atoms with Gasteiger partial charge in [-0.2, -0.15) is 0 Å². The number of nitrogens with one attached hydrogen (secondary N) is 1. The smallest absolute Gasteiger partial charge is 0.230 e. The third-order valence-electron chi connectivity index (χ3n) is 4.13. The maximum Gasteiger partial charge on any atom is 0.230 e. The molecule has 1 aromatic rings. The molecule has 1 saturated carbocycles. The third-order valence-corrected chi connectivity index (χ3v) is 5.11. The maximum absolute atomic E-state index is 11.9. The number of amides is 1. The maximum atomic E-state index is 11.9. The first-order chi connectivity index (χ1) is 9.65. The fraction of sp³-hybridized carbons (Fsp3) is 0.588. The summed E-state index contributed by atoms with van der Waals surface area (Å²) < 4.78 is 0. The van der Waals surface area contributed by atoms with Crippen LogP contribution >= 0.6 is 11.8 Å². The summed E-state index contributed by atoms with van der Waals surface area (Å²) in [5.41, 5.74) is 2.64. The number of thioether (sulfide) groups is 1. The van der Waals surface area contributed by atoms with Crippen LogP contribution in [-0.4, -0.2) is 17.7 Å². The zero-order valence-corrected chi connectivity index (χ0v) is 13.3. The van der Waals surface area contributed by atoms with Crippen molar-refractivity contribution in [3.8, 4) is 0 Å². The van der Waals surface area contributed by atoms with E-state index in [1.807, 2.05) is 0 Å². The Labute approximate surface area is 126 Å². The van der Waals surface area contributed by atoms with E-state index >= 15 is 0 Å². The van der Waals surface area contributed by atoms with E-state index in [2.05, 4.69) is 43.4 Å². The van der Waals surface area contributed by atoms with Crippen molar-refractivity contribution >= 4 is 17.7 Å². The summed E-state index contributed by atoms with van der Waals surface area (Å²) in [6.07, 6.45) is 4.80. The van der Waals surface area contributed by atoms with Gasteiger partial charge in [-0.15, -0.1) is 11.8 Å². The van der Waals surface area contributed by atoms with E-state index in [-0.39, 0.29) is 5.91 Å². The van der Waals surface area contributed by atoms with Crippen molar-refractivity contribution in [3.05, 3.63) is 35.4 Å². The highest BCUT2D eigenvalue weighted by Crippen LogP contribution is 2.23. The van der Waals surface area contributed by atoms with Crippen LogP contribution in [0.5, 0.6) is 0 Å². The van der Waals surface area contributed by atoms with Gasteiger partial charge >= 0.3 is 0 Å². The number of hydrogen-bond donors (Lipinski definition) is 1. The average molecular weight is 291 g/mol. The quantitative estimate of drug-likeness (QED) is 0.891. The van der Waals surface area contributed by atoms with Crippen LogP contribution in [0.2, 0.25) is 0 Å². The molecule has 0 spiro atoms. The molecule has 0 unspecified atom stereocenters. The lowest BCUT2D eigenvalue weighted by Gasteiger charge is -2.26. The second-order valence-corrected chi connectivity index (χ2v) is 6.93. The molecule has 2 nitrogen and oxygen atoms in total. The van der Waals surface area contributed by atoms with Crippen LogP contribution in [0.25, 0.3) is 0 Å². The lowest BCUT2D eigenvalue weighted by Crippen LogP contribution is -2.38. The molecule has 3 heteroatoms. The molecule has 2 rings (SSSR count). The van der Waals surface area contributed by atoms with Crippen molar-refractivity contribution in [2.24, 2.45) is 5.92 Å². The Kier molecular flexibility index (Phi) is 5.96. The second kappa shape index (κ2) is 7.72. The number of aryl methyl sites for hydroxylation is 1. The predicted octanol–water partition coefficient (Wildman–Crippen LogP) is 3.92. The molecule has 0 radical (unpaired) electrons. The van der Waals surface area contributed by atoms with Gasteiger partial charge in [-0.3, -0.25) is 4.79 Å². The summed E-state index contributed by atoms with van der Waals surface area (Å²) in [7, 11) is 0. The summed E-state index contributed by atoms with van der Waals surface area (Å²) in [5.74, 6) is 2.52. The molecule has 1 fully saturated rings. The highest BCUT2D eigenvalue weighted by molar-refractivity contribution is 7.99. The molecule has 1 aliphatic rings. The molecular formula is C17H25NOS. The van der Waals surface area contributed by atoms with Crippen LogP contribution < -0.4 is 5.32 Å². The van der Waals surface area contributed by atoms with Gasteiger partial charge in [0.05, 0.1) is 5.75 Å². The fourth-order valence-corrected chi connectivity index (χ4v) is 3.61. The largest absolute Gasteiger partial charge is 0.353 e. The first-order valence-corrected chi connectivity index (χ1v) is 8.72. The third kappa shape index (κ3) is 4.86. The monoisotopic (exact) mass is 291 g/mol. The van der Waals surface area contributed by atoms with Crippen LogP contribution in [0, 0.1) is 12.8 Å². The molecule has 110 valence electrons. The van der Waals surface area contributed by atoms with Gasteiger partial charge in [-0.1, -0.05) is 31.2 Å². The Bertz CT molecular complexity index is 438. The minimum Gasteiger partial charge on any atom is -0.353 e. The number of rotatable bonds is 5. The molecule has 20 heavy (non-hydrogen) atoms. The van der Waals surface area contributed by atoms with E-state index < -0.39 is 0 Å². The number of hydrogen-bond acceptors (Lipinski definition) is 2. The molecule has 0 bridgehead atoms. The molecular weight excluding hydrogens is 266 g/mol. The highest BCUT2D eigenvalue weighted by atomic mass is 32.2. The Balaban J connectivity index is 1.67. The molecule has 1 amide bonds. The lowest BCUT2D eigenvalue weighted by atomic mass is 9.87. The minimum atomic E-state index is 0.197. The molecule has 0 aromatic heterocycles. The SMILES string of the molecule is Cc1ccccc1CSCC(=O)NC1CCC(C)CC1. The minimum absolute atomic E-state index is 0.197. The van der Waals surface area contributed by atoms with Gasteiger partial charge in [-0.25, -0.2) is 0 Å². The molecule has 1 aliphatic carbocycles. The molecule has 1 N–H and O–H groups in total. The van der Waals surface area contributed by atoms with E-state index in [1.54, 1.807) is 11.8 Å². The number of carbonyl (C=O) groups excluding carboxylic acids is 1. The zero-order chi connectivity index (χ0) is 14.4. The first-order valence-electron chi connectivity index (χ1n) is 7.56. The Morgan fingerprint density at radius 2 is 1.95 bits per heavy atom. The van der Waals surface area contributed by atoms with Crippen molar-refractivity contribution in [1.82, 2.24) is 5.32 Å². The predicted molar refractivity (Wildman–Crippen MR) is 86.9 cm³/mol. The van der Waals surface area contributed by atoms with E-state index in [0.29, 0.717) is 11.8 Å². The van der Waals surface area contributed by atoms with Gasteiger partial charge in [0.25, 0.3) is 0 Å². The van der Waals surface area contributed by atoms with Gasteiger partial charge in [0.15, 0.2) is 0 Å². The normalized spacial score (nSPS) is 22.5. The zero-order valence-electron chi connectivity index (χ0n) is 12.5. The molecule has 1 aromatic carbocycles. The van der Waals surface area contributed by atoms with Crippen molar-refractivity contribution in [2.75, 3.05) is 5.75 Å². The van der Waals surface area contributed by atoms with E-state index in [0.717, 1.165) is 24.5 Å². The van der Waals surface area contributed by atoms with Crippen molar-refractivity contribution < 1.29 is 4.79 Å². The first kappa shape index (κ1) is 15.4. The van der Waals surface area contributed by atoms with Gasteiger partial charge in [0.1, 0.15) is 0 Å². The molecule has 0 atom stereocenters. The van der Waals surface area contributed by atoms with Crippen LogP contribution in [0.3, 0.4) is 0 Å². The fourth-order valence-electron chi connectivity index (χ4n) is 2.70.